The van der Waals surface area contributed by atoms with Crippen LogP contribution in [0.5, 0.6) is 0 Å². The lowest BCUT2D eigenvalue weighted by atomic mass is 10.2. The maximum atomic E-state index is 12.4. The highest BCUT2D eigenvalue weighted by atomic mass is 19.4. The molecule has 24 heavy (non-hydrogen) atoms. The molecule has 0 spiro atoms. The van der Waals surface area contributed by atoms with Crippen molar-refractivity contribution in [2.75, 3.05) is 23.7 Å². The van der Waals surface area contributed by atoms with E-state index in [4.69, 9.17) is 5.73 Å². The number of benzene rings is 2. The third-order valence-corrected chi connectivity index (χ3v) is 3.44. The van der Waals surface area contributed by atoms with Crippen molar-refractivity contribution in [2.24, 2.45) is 10.2 Å². The zero-order valence-corrected chi connectivity index (χ0v) is 13.3. The first-order valence-electron chi connectivity index (χ1n) is 7.56. The second kappa shape index (κ2) is 7.81. The fourth-order valence-corrected chi connectivity index (χ4v) is 2.12. The maximum Gasteiger partial charge on any atom is 0.390 e. The number of halogens is 3. The monoisotopic (exact) mass is 336 g/mol. The normalized spacial score (nSPS) is 11.8. The Morgan fingerprint density at radius 1 is 0.917 bits per heavy atom. The predicted octanol–water partition coefficient (Wildman–Crippen LogP) is 5.46. The SMILES string of the molecule is CCN(CCC(F)(F)F)c1ccc(/N=N/c2ccc(N)cc2)cc1. The third-order valence-electron chi connectivity index (χ3n) is 3.44. The van der Waals surface area contributed by atoms with E-state index in [1.165, 1.54) is 0 Å². The minimum atomic E-state index is -4.15. The number of nitrogens with two attached hydrogens (primary N) is 1. The largest absolute Gasteiger partial charge is 0.399 e. The number of nitrogen functional groups attached to an aromatic ring is 1. The second-order valence-corrected chi connectivity index (χ2v) is 5.25. The Balaban J connectivity index is 2.02. The summed E-state index contributed by atoms with van der Waals surface area (Å²) in [5.74, 6) is 0. The minimum absolute atomic E-state index is 0.0632. The molecule has 4 nitrogen and oxygen atoms in total. The van der Waals surface area contributed by atoms with Crippen LogP contribution in [0.15, 0.2) is 58.8 Å². The van der Waals surface area contributed by atoms with Crippen LogP contribution in [0.25, 0.3) is 0 Å². The van der Waals surface area contributed by atoms with Crippen molar-refractivity contribution in [3.05, 3.63) is 48.5 Å². The molecule has 0 aromatic heterocycles. The van der Waals surface area contributed by atoms with E-state index in [-0.39, 0.29) is 6.54 Å². The van der Waals surface area contributed by atoms with Crippen LogP contribution < -0.4 is 10.6 Å². The van der Waals surface area contributed by atoms with Gasteiger partial charge in [-0.15, -0.1) is 0 Å². The van der Waals surface area contributed by atoms with Crippen molar-refractivity contribution < 1.29 is 13.2 Å². The van der Waals surface area contributed by atoms with Gasteiger partial charge in [0.2, 0.25) is 0 Å². The molecule has 0 fully saturated rings. The molecule has 0 saturated carbocycles. The smallest absolute Gasteiger partial charge is 0.390 e. The molecule has 0 aliphatic rings. The van der Waals surface area contributed by atoms with Crippen LogP contribution >= 0.6 is 0 Å². The van der Waals surface area contributed by atoms with E-state index in [0.29, 0.717) is 23.6 Å². The van der Waals surface area contributed by atoms with Crippen molar-refractivity contribution in [3.8, 4) is 0 Å². The van der Waals surface area contributed by atoms with Crippen molar-refractivity contribution >= 4 is 22.7 Å². The third kappa shape index (κ3) is 5.57. The summed E-state index contributed by atoms with van der Waals surface area (Å²) < 4.78 is 37.1. The Hall–Kier alpha value is -2.57. The average molecular weight is 336 g/mol. The molecule has 0 aliphatic carbocycles. The average Bonchev–Trinajstić information content (AvgIpc) is 2.55. The Bertz CT molecular complexity index is 664. The first-order valence-corrected chi connectivity index (χ1v) is 7.56. The zero-order valence-electron chi connectivity index (χ0n) is 13.3. The van der Waals surface area contributed by atoms with Gasteiger partial charge < -0.3 is 10.6 Å². The summed E-state index contributed by atoms with van der Waals surface area (Å²) >= 11 is 0. The van der Waals surface area contributed by atoms with Crippen molar-refractivity contribution in [1.29, 1.82) is 0 Å². The summed E-state index contributed by atoms with van der Waals surface area (Å²) in [6.07, 6.45) is -4.99. The Labute approximate surface area is 138 Å². The van der Waals surface area contributed by atoms with Crippen LogP contribution in [-0.2, 0) is 0 Å². The predicted molar refractivity (Wildman–Crippen MR) is 90.0 cm³/mol. The molecule has 0 saturated heterocycles. The summed E-state index contributed by atoms with van der Waals surface area (Å²) in [5.41, 5.74) is 8.28. The van der Waals surface area contributed by atoms with Crippen molar-refractivity contribution in [1.82, 2.24) is 0 Å². The number of hydrogen-bond donors (Lipinski definition) is 1. The van der Waals surface area contributed by atoms with Gasteiger partial charge in [0, 0.05) is 24.5 Å². The fraction of sp³-hybridized carbons (Fsp3) is 0.294. The molecule has 0 radical (unpaired) electrons. The molecule has 7 heteroatoms. The molecule has 0 amide bonds. The Morgan fingerprint density at radius 3 is 1.88 bits per heavy atom. The van der Waals surface area contributed by atoms with Crippen LogP contribution in [-0.4, -0.2) is 19.3 Å². The quantitative estimate of drug-likeness (QED) is 0.562. The Kier molecular flexibility index (Phi) is 5.78. The number of anilines is 2. The van der Waals surface area contributed by atoms with Gasteiger partial charge in [-0.05, 0) is 55.5 Å². The first-order chi connectivity index (χ1) is 11.4. The number of hydrogen-bond acceptors (Lipinski definition) is 4. The van der Waals surface area contributed by atoms with Gasteiger partial charge in [0.25, 0.3) is 0 Å². The molecule has 2 N–H and O–H groups in total. The van der Waals surface area contributed by atoms with E-state index in [1.807, 2.05) is 6.92 Å². The lowest BCUT2D eigenvalue weighted by Crippen LogP contribution is -2.27. The summed E-state index contributed by atoms with van der Waals surface area (Å²) in [5, 5.41) is 8.19. The van der Waals surface area contributed by atoms with Gasteiger partial charge >= 0.3 is 6.18 Å². The van der Waals surface area contributed by atoms with E-state index in [2.05, 4.69) is 10.2 Å². The highest BCUT2D eigenvalue weighted by molar-refractivity contribution is 5.53. The van der Waals surface area contributed by atoms with Crippen LogP contribution in [0.2, 0.25) is 0 Å². The number of nitrogens with zero attached hydrogens (tertiary/aromatic N) is 3. The molecule has 2 rings (SSSR count). The Morgan fingerprint density at radius 2 is 1.42 bits per heavy atom. The van der Waals surface area contributed by atoms with Gasteiger partial charge in [0.1, 0.15) is 0 Å². The highest BCUT2D eigenvalue weighted by Crippen LogP contribution is 2.25. The van der Waals surface area contributed by atoms with Gasteiger partial charge in [-0.2, -0.15) is 23.4 Å². The molecule has 0 heterocycles. The van der Waals surface area contributed by atoms with E-state index in [0.717, 1.165) is 5.69 Å². The van der Waals surface area contributed by atoms with Crippen molar-refractivity contribution in [3.63, 3.8) is 0 Å². The molecule has 0 atom stereocenters. The lowest BCUT2D eigenvalue weighted by Gasteiger charge is -2.23. The van der Waals surface area contributed by atoms with E-state index < -0.39 is 12.6 Å². The zero-order chi connectivity index (χ0) is 17.6. The molecular formula is C17H19F3N4. The van der Waals surface area contributed by atoms with Gasteiger partial charge in [-0.3, -0.25) is 0 Å². The fourth-order valence-electron chi connectivity index (χ4n) is 2.12. The maximum absolute atomic E-state index is 12.4. The van der Waals surface area contributed by atoms with Gasteiger partial charge in [0.15, 0.2) is 0 Å². The highest BCUT2D eigenvalue weighted by Gasteiger charge is 2.27. The van der Waals surface area contributed by atoms with E-state index in [1.54, 1.807) is 53.4 Å². The van der Waals surface area contributed by atoms with Crippen LogP contribution in [0.1, 0.15) is 13.3 Å². The van der Waals surface area contributed by atoms with Gasteiger partial charge in [-0.25, -0.2) is 0 Å². The van der Waals surface area contributed by atoms with E-state index >= 15 is 0 Å². The molecule has 0 aliphatic heterocycles. The van der Waals surface area contributed by atoms with Crippen LogP contribution in [0.4, 0.5) is 35.9 Å². The number of rotatable bonds is 6. The summed E-state index contributed by atoms with van der Waals surface area (Å²) in [6.45, 7) is 2.26. The first kappa shape index (κ1) is 17.8. The minimum Gasteiger partial charge on any atom is -0.399 e. The van der Waals surface area contributed by atoms with Crippen LogP contribution in [0, 0.1) is 0 Å². The van der Waals surface area contributed by atoms with Crippen molar-refractivity contribution in [2.45, 2.75) is 19.5 Å². The molecular weight excluding hydrogens is 317 g/mol. The van der Waals surface area contributed by atoms with Crippen LogP contribution in [0.3, 0.4) is 0 Å². The standard InChI is InChI=1S/C17H19F3N4/c1-2-24(12-11-17(18,19)20)16-9-7-15(8-10-16)23-22-14-5-3-13(21)4-6-14/h3-10H,2,11-12,21H2,1H3/b23-22+. The summed E-state index contributed by atoms with van der Waals surface area (Å²) in [6, 6.07) is 13.9. The second-order valence-electron chi connectivity index (χ2n) is 5.25. The summed E-state index contributed by atoms with van der Waals surface area (Å²) in [4.78, 5) is 1.67. The van der Waals surface area contributed by atoms with E-state index in [9.17, 15) is 13.2 Å². The molecule has 2 aromatic carbocycles. The lowest BCUT2D eigenvalue weighted by molar-refractivity contribution is -0.132. The summed E-state index contributed by atoms with van der Waals surface area (Å²) in [7, 11) is 0. The van der Waals surface area contributed by atoms with Gasteiger partial charge in [-0.1, -0.05) is 0 Å². The number of azo groups is 1. The molecule has 2 aromatic rings. The molecule has 128 valence electrons. The molecule has 0 unspecified atom stereocenters. The number of alkyl halides is 3. The molecule has 0 bridgehead atoms. The van der Waals surface area contributed by atoms with Gasteiger partial charge in [0.05, 0.1) is 17.8 Å². The topological polar surface area (TPSA) is 54.0 Å².